The highest BCUT2D eigenvalue weighted by Crippen LogP contribution is 2.29. The second-order valence-corrected chi connectivity index (χ2v) is 9.93. The zero-order valence-corrected chi connectivity index (χ0v) is 18.1. The predicted octanol–water partition coefficient (Wildman–Crippen LogP) is 2.89. The van der Waals surface area contributed by atoms with Crippen LogP contribution in [0.4, 0.5) is 5.69 Å². The number of fused-ring (bicyclic) bond motifs is 1. The van der Waals surface area contributed by atoms with Crippen molar-refractivity contribution in [3.05, 3.63) is 58.1 Å². The van der Waals surface area contributed by atoms with Gasteiger partial charge in [-0.15, -0.1) is 0 Å². The van der Waals surface area contributed by atoms with Gasteiger partial charge >= 0.3 is 0 Å². The summed E-state index contributed by atoms with van der Waals surface area (Å²) in [6.07, 6.45) is 0.869. The maximum atomic E-state index is 12.9. The predicted molar refractivity (Wildman–Crippen MR) is 114 cm³/mol. The van der Waals surface area contributed by atoms with E-state index in [1.54, 1.807) is 6.07 Å². The minimum Gasteiger partial charge on any atom is -0.311 e. The molecular weight excluding hydrogens is 433 g/mol. The first-order valence-electron chi connectivity index (χ1n) is 9.42. The van der Waals surface area contributed by atoms with Crippen molar-refractivity contribution >= 4 is 44.8 Å². The molecule has 1 amide bonds. The molecule has 0 atom stereocenters. The highest BCUT2D eigenvalue weighted by atomic mass is 35.5. The van der Waals surface area contributed by atoms with Gasteiger partial charge in [-0.25, -0.2) is 8.42 Å². The quantitative estimate of drug-likeness (QED) is 0.713. The zero-order chi connectivity index (χ0) is 20.6. The van der Waals surface area contributed by atoms with Gasteiger partial charge in [0.1, 0.15) is 4.90 Å². The lowest BCUT2D eigenvalue weighted by atomic mass is 10.2. The molecule has 2 aliphatic heterocycles. The van der Waals surface area contributed by atoms with Gasteiger partial charge in [-0.3, -0.25) is 9.69 Å². The molecule has 2 aliphatic rings. The average Bonchev–Trinajstić information content (AvgIpc) is 3.14. The molecule has 2 aromatic rings. The van der Waals surface area contributed by atoms with E-state index in [0.717, 1.165) is 12.1 Å². The molecule has 4 rings (SSSR count). The number of benzene rings is 2. The number of hydrogen-bond donors (Lipinski definition) is 0. The van der Waals surface area contributed by atoms with Crippen LogP contribution in [0.15, 0.2) is 47.4 Å². The van der Waals surface area contributed by atoms with E-state index < -0.39 is 10.0 Å². The third-order valence-electron chi connectivity index (χ3n) is 5.39. The fraction of sp³-hybridized carbons (Fsp3) is 0.350. The Balaban J connectivity index is 1.39. The number of piperazine rings is 1. The minimum atomic E-state index is -3.73. The number of rotatable bonds is 4. The van der Waals surface area contributed by atoms with Crippen molar-refractivity contribution in [2.24, 2.45) is 0 Å². The number of nitrogens with zero attached hydrogens (tertiary/aromatic N) is 3. The Hall–Kier alpha value is -1.64. The van der Waals surface area contributed by atoms with Gasteiger partial charge < -0.3 is 4.90 Å². The third-order valence-corrected chi connectivity index (χ3v) is 8.00. The first-order chi connectivity index (χ1) is 13.9. The molecular formula is C20H21Cl2N3O3S. The lowest BCUT2D eigenvalue weighted by Crippen LogP contribution is -2.51. The van der Waals surface area contributed by atoms with E-state index in [-0.39, 0.29) is 22.4 Å². The molecule has 0 unspecified atom stereocenters. The monoisotopic (exact) mass is 453 g/mol. The number of amides is 1. The average molecular weight is 454 g/mol. The molecule has 0 aliphatic carbocycles. The molecule has 0 saturated carbocycles. The lowest BCUT2D eigenvalue weighted by Gasteiger charge is -2.34. The van der Waals surface area contributed by atoms with Gasteiger partial charge in [-0.1, -0.05) is 41.4 Å². The Labute approximate surface area is 180 Å². The number of hydrogen-bond acceptors (Lipinski definition) is 4. The van der Waals surface area contributed by atoms with E-state index in [2.05, 4.69) is 0 Å². The van der Waals surface area contributed by atoms with Crippen molar-refractivity contribution in [1.29, 1.82) is 0 Å². The summed E-state index contributed by atoms with van der Waals surface area (Å²) < 4.78 is 27.2. The van der Waals surface area contributed by atoms with Crippen molar-refractivity contribution in [2.75, 3.05) is 44.2 Å². The van der Waals surface area contributed by atoms with E-state index in [4.69, 9.17) is 23.2 Å². The number of carbonyl (C=O) groups is 1. The van der Waals surface area contributed by atoms with Crippen molar-refractivity contribution in [3.8, 4) is 0 Å². The molecule has 0 N–H and O–H groups in total. The normalized spacial score (nSPS) is 18.1. The Morgan fingerprint density at radius 2 is 1.69 bits per heavy atom. The molecule has 154 valence electrons. The van der Waals surface area contributed by atoms with Gasteiger partial charge in [-0.05, 0) is 36.2 Å². The fourth-order valence-corrected chi connectivity index (χ4v) is 5.98. The van der Waals surface area contributed by atoms with Gasteiger partial charge in [0, 0.05) is 43.4 Å². The van der Waals surface area contributed by atoms with Crippen molar-refractivity contribution in [1.82, 2.24) is 9.21 Å². The van der Waals surface area contributed by atoms with Crippen LogP contribution in [0.1, 0.15) is 5.56 Å². The highest BCUT2D eigenvalue weighted by Gasteiger charge is 2.32. The highest BCUT2D eigenvalue weighted by molar-refractivity contribution is 7.89. The zero-order valence-electron chi connectivity index (χ0n) is 15.7. The molecule has 2 heterocycles. The second kappa shape index (κ2) is 8.24. The summed E-state index contributed by atoms with van der Waals surface area (Å²) in [6, 6.07) is 12.4. The summed E-state index contributed by atoms with van der Waals surface area (Å²) >= 11 is 12.0. The van der Waals surface area contributed by atoms with Gasteiger partial charge in [0.05, 0.1) is 11.6 Å². The van der Waals surface area contributed by atoms with Crippen LogP contribution in [-0.4, -0.2) is 62.8 Å². The maximum absolute atomic E-state index is 12.9. The van der Waals surface area contributed by atoms with E-state index in [9.17, 15) is 13.2 Å². The smallest absolute Gasteiger partial charge is 0.244 e. The standard InChI is InChI=1S/C20H21Cl2N3O3S/c21-16-5-6-17(22)19(13-16)29(27,28)24-11-9-23(10-12-24)14-20(26)25-8-7-15-3-1-2-4-18(15)25/h1-6,13H,7-12,14H2. The second-order valence-electron chi connectivity index (χ2n) is 7.18. The minimum absolute atomic E-state index is 0.0184. The summed E-state index contributed by atoms with van der Waals surface area (Å²) in [5, 5.41) is 0.475. The summed E-state index contributed by atoms with van der Waals surface area (Å²) in [5.41, 5.74) is 2.17. The Kier molecular flexibility index (Phi) is 5.86. The Morgan fingerprint density at radius 3 is 2.45 bits per heavy atom. The lowest BCUT2D eigenvalue weighted by molar-refractivity contribution is -0.119. The largest absolute Gasteiger partial charge is 0.311 e. The van der Waals surface area contributed by atoms with Crippen molar-refractivity contribution in [3.63, 3.8) is 0 Å². The van der Waals surface area contributed by atoms with Gasteiger partial charge in [0.2, 0.25) is 15.9 Å². The van der Waals surface area contributed by atoms with Crippen molar-refractivity contribution < 1.29 is 13.2 Å². The van der Waals surface area contributed by atoms with Crippen LogP contribution < -0.4 is 4.90 Å². The molecule has 0 spiro atoms. The van der Waals surface area contributed by atoms with Gasteiger partial charge in [0.15, 0.2) is 0 Å². The van der Waals surface area contributed by atoms with E-state index >= 15 is 0 Å². The Morgan fingerprint density at radius 1 is 0.966 bits per heavy atom. The molecule has 29 heavy (non-hydrogen) atoms. The number of halogens is 2. The van der Waals surface area contributed by atoms with Crippen LogP contribution in [0.2, 0.25) is 10.0 Å². The van der Waals surface area contributed by atoms with Gasteiger partial charge in [-0.2, -0.15) is 4.31 Å². The summed E-state index contributed by atoms with van der Waals surface area (Å²) in [4.78, 5) is 16.6. The maximum Gasteiger partial charge on any atom is 0.244 e. The molecule has 0 aromatic heterocycles. The first kappa shape index (κ1) is 20.6. The molecule has 6 nitrogen and oxygen atoms in total. The fourth-order valence-electron chi connectivity index (χ4n) is 3.82. The van der Waals surface area contributed by atoms with Crippen LogP contribution in [0.5, 0.6) is 0 Å². The number of sulfonamides is 1. The van der Waals surface area contributed by atoms with Gasteiger partial charge in [0.25, 0.3) is 0 Å². The van der Waals surface area contributed by atoms with Crippen LogP contribution >= 0.6 is 23.2 Å². The summed E-state index contributed by atoms with van der Waals surface area (Å²) in [7, 11) is -3.73. The molecule has 0 radical (unpaired) electrons. The first-order valence-corrected chi connectivity index (χ1v) is 11.6. The van der Waals surface area contributed by atoms with E-state index in [0.29, 0.717) is 37.7 Å². The third kappa shape index (κ3) is 4.15. The molecule has 0 bridgehead atoms. The summed E-state index contributed by atoms with van der Waals surface area (Å²) in [5.74, 6) is 0.0455. The van der Waals surface area contributed by atoms with Crippen LogP contribution in [0, 0.1) is 0 Å². The van der Waals surface area contributed by atoms with E-state index in [1.165, 1.54) is 22.0 Å². The topological polar surface area (TPSA) is 60.9 Å². The van der Waals surface area contributed by atoms with Crippen LogP contribution in [0.25, 0.3) is 0 Å². The summed E-state index contributed by atoms with van der Waals surface area (Å²) in [6.45, 7) is 2.54. The molecule has 2 aromatic carbocycles. The Bertz CT molecular complexity index is 1040. The molecule has 9 heteroatoms. The SMILES string of the molecule is O=C(CN1CCN(S(=O)(=O)c2cc(Cl)ccc2Cl)CC1)N1CCc2ccccc21. The van der Waals surface area contributed by atoms with E-state index in [1.807, 2.05) is 34.1 Å². The van der Waals surface area contributed by atoms with Crippen molar-refractivity contribution in [2.45, 2.75) is 11.3 Å². The van der Waals surface area contributed by atoms with Crippen LogP contribution in [-0.2, 0) is 21.2 Å². The molecule has 1 fully saturated rings. The molecule has 1 saturated heterocycles. The van der Waals surface area contributed by atoms with Crippen LogP contribution in [0.3, 0.4) is 0 Å². The number of anilines is 1. The number of carbonyl (C=O) groups excluding carboxylic acids is 1. The number of para-hydroxylation sites is 1.